The molecule has 1 saturated heterocycles. The Labute approximate surface area is 172 Å². The third kappa shape index (κ3) is 3.42. The predicted octanol–water partition coefficient (Wildman–Crippen LogP) is 1.78. The highest BCUT2D eigenvalue weighted by Crippen LogP contribution is 2.38. The van der Waals surface area contributed by atoms with Crippen molar-refractivity contribution < 1.29 is 9.90 Å². The van der Waals surface area contributed by atoms with Gasteiger partial charge in [0, 0.05) is 31.7 Å². The number of rotatable bonds is 3. The van der Waals surface area contributed by atoms with Crippen LogP contribution in [0.5, 0.6) is 0 Å². The number of nitrogens with zero attached hydrogens (tertiary/aromatic N) is 5. The van der Waals surface area contributed by atoms with Crippen molar-refractivity contribution in [1.29, 1.82) is 0 Å². The van der Waals surface area contributed by atoms with Gasteiger partial charge in [-0.2, -0.15) is 0 Å². The third-order valence-corrected chi connectivity index (χ3v) is 6.26. The molecule has 8 nitrogen and oxygen atoms in total. The number of hydrogen-bond donors (Lipinski definition) is 2. The van der Waals surface area contributed by atoms with E-state index in [1.165, 1.54) is 6.20 Å². The Bertz CT molecular complexity index is 1040. The Hall–Kier alpha value is -2.71. The Morgan fingerprint density at radius 1 is 1.14 bits per heavy atom. The number of anilines is 1. The first kappa shape index (κ1) is 18.3. The van der Waals surface area contributed by atoms with Gasteiger partial charge < -0.3 is 15.3 Å². The topological polar surface area (TPSA) is 95.7 Å². The van der Waals surface area contributed by atoms with Crippen molar-refractivity contribution >= 4 is 29.0 Å². The normalized spacial score (nSPS) is 26.5. The standard InChI is InChI=1S/C20H21ClN6O2/c21-14-1-2-15(24-7-14)20(29)25-16-5-12-10-26(11-13(12)6-17(16)28)19-9-22-8-18-23-3-4-27(18)19/h1-4,7-9,12-13,16-17,28H,5-6,10-11H2,(H,25,29)/t12-,13+,16-,17-/m0/s1. The van der Waals surface area contributed by atoms with Gasteiger partial charge in [0.05, 0.1) is 29.6 Å². The summed E-state index contributed by atoms with van der Waals surface area (Å²) in [5, 5.41) is 14.1. The van der Waals surface area contributed by atoms with E-state index in [2.05, 4.69) is 25.2 Å². The molecular weight excluding hydrogens is 392 g/mol. The van der Waals surface area contributed by atoms with Crippen LogP contribution >= 0.6 is 11.6 Å². The first-order valence-corrected chi connectivity index (χ1v) is 10.1. The minimum atomic E-state index is -0.574. The number of carbonyl (C=O) groups is 1. The summed E-state index contributed by atoms with van der Waals surface area (Å²) < 4.78 is 2.03. The summed E-state index contributed by atoms with van der Waals surface area (Å²) in [5.74, 6) is 1.49. The van der Waals surface area contributed by atoms with Gasteiger partial charge in [0.1, 0.15) is 11.5 Å². The molecule has 9 heteroatoms. The highest BCUT2D eigenvalue weighted by atomic mass is 35.5. The number of nitrogens with one attached hydrogen (secondary N) is 1. The molecule has 5 rings (SSSR count). The van der Waals surface area contributed by atoms with Crippen molar-refractivity contribution in [2.45, 2.75) is 25.0 Å². The average Bonchev–Trinajstić information content (AvgIpc) is 3.35. The van der Waals surface area contributed by atoms with E-state index in [1.54, 1.807) is 24.5 Å². The van der Waals surface area contributed by atoms with Gasteiger partial charge in [0.25, 0.3) is 5.91 Å². The van der Waals surface area contributed by atoms with Crippen molar-refractivity contribution in [2.24, 2.45) is 11.8 Å². The Morgan fingerprint density at radius 2 is 1.97 bits per heavy atom. The van der Waals surface area contributed by atoms with Gasteiger partial charge >= 0.3 is 0 Å². The lowest BCUT2D eigenvalue weighted by Gasteiger charge is -2.35. The molecule has 3 aromatic rings. The Kier molecular flexibility index (Phi) is 4.60. The molecule has 2 aliphatic rings. The van der Waals surface area contributed by atoms with Gasteiger partial charge in [-0.15, -0.1) is 0 Å². The largest absolute Gasteiger partial charge is 0.391 e. The second-order valence-electron chi connectivity index (χ2n) is 7.83. The van der Waals surface area contributed by atoms with E-state index in [4.69, 9.17) is 11.6 Å². The molecular formula is C20H21ClN6O2. The monoisotopic (exact) mass is 412 g/mol. The molecule has 0 unspecified atom stereocenters. The number of halogens is 1. The fourth-order valence-electron chi connectivity index (χ4n) is 4.60. The Balaban J connectivity index is 1.29. The second-order valence-corrected chi connectivity index (χ2v) is 8.26. The van der Waals surface area contributed by atoms with E-state index < -0.39 is 6.10 Å². The van der Waals surface area contributed by atoms with E-state index in [-0.39, 0.29) is 11.9 Å². The summed E-state index contributed by atoms with van der Waals surface area (Å²) >= 11 is 5.84. The van der Waals surface area contributed by atoms with Crippen LogP contribution in [0.2, 0.25) is 5.02 Å². The van der Waals surface area contributed by atoms with Gasteiger partial charge in [-0.3, -0.25) is 14.2 Å². The van der Waals surface area contributed by atoms with Gasteiger partial charge in [-0.05, 0) is 36.8 Å². The number of amides is 1. The average molecular weight is 413 g/mol. The molecule has 1 aliphatic heterocycles. The van der Waals surface area contributed by atoms with Crippen LogP contribution in [0.15, 0.2) is 43.1 Å². The maximum Gasteiger partial charge on any atom is 0.270 e. The van der Waals surface area contributed by atoms with Crippen LogP contribution in [0.4, 0.5) is 5.82 Å². The van der Waals surface area contributed by atoms with Gasteiger partial charge in [-0.25, -0.2) is 9.97 Å². The maximum absolute atomic E-state index is 12.5. The first-order valence-electron chi connectivity index (χ1n) is 9.71. The summed E-state index contributed by atoms with van der Waals surface area (Å²) in [6.07, 6.45) is 9.57. The molecule has 0 aromatic carbocycles. The smallest absolute Gasteiger partial charge is 0.270 e. The van der Waals surface area contributed by atoms with Crippen molar-refractivity contribution in [3.8, 4) is 0 Å². The van der Waals surface area contributed by atoms with Gasteiger partial charge in [0.15, 0.2) is 5.65 Å². The minimum absolute atomic E-state index is 0.286. The summed E-state index contributed by atoms with van der Waals surface area (Å²) in [6.45, 7) is 1.72. The highest BCUT2D eigenvalue weighted by molar-refractivity contribution is 6.30. The predicted molar refractivity (Wildman–Crippen MR) is 108 cm³/mol. The third-order valence-electron chi connectivity index (χ3n) is 6.04. The molecule has 1 amide bonds. The molecule has 0 bridgehead atoms. The lowest BCUT2D eigenvalue weighted by Crippen LogP contribution is -2.49. The molecule has 4 heterocycles. The lowest BCUT2D eigenvalue weighted by atomic mass is 9.77. The van der Waals surface area contributed by atoms with Crippen molar-refractivity contribution in [3.05, 3.63) is 53.8 Å². The van der Waals surface area contributed by atoms with Crippen LogP contribution < -0.4 is 10.2 Å². The highest BCUT2D eigenvalue weighted by Gasteiger charge is 2.42. The Morgan fingerprint density at radius 3 is 2.76 bits per heavy atom. The van der Waals surface area contributed by atoms with Crippen LogP contribution in [0.3, 0.4) is 0 Å². The van der Waals surface area contributed by atoms with E-state index >= 15 is 0 Å². The fourth-order valence-corrected chi connectivity index (χ4v) is 4.71. The number of imidazole rings is 1. The van der Waals surface area contributed by atoms with Gasteiger partial charge in [0.2, 0.25) is 0 Å². The number of aromatic nitrogens is 4. The zero-order valence-corrected chi connectivity index (χ0v) is 16.4. The SMILES string of the molecule is O=C(N[C@H]1C[C@H]2CN(c3cncc4nccn34)C[C@H]2C[C@@H]1O)c1ccc(Cl)cn1. The zero-order chi connectivity index (χ0) is 20.0. The van der Waals surface area contributed by atoms with Gasteiger partial charge in [-0.1, -0.05) is 11.6 Å². The van der Waals surface area contributed by atoms with Crippen LogP contribution in [-0.4, -0.2) is 55.6 Å². The quantitative estimate of drug-likeness (QED) is 0.680. The first-order chi connectivity index (χ1) is 14.1. The number of aliphatic hydroxyl groups excluding tert-OH is 1. The van der Waals surface area contributed by atoms with Crippen LogP contribution in [0.25, 0.3) is 5.65 Å². The number of pyridine rings is 1. The summed E-state index contributed by atoms with van der Waals surface area (Å²) in [4.78, 5) is 27.5. The molecule has 1 aliphatic carbocycles. The van der Waals surface area contributed by atoms with Crippen molar-refractivity contribution in [1.82, 2.24) is 24.7 Å². The fraction of sp³-hybridized carbons (Fsp3) is 0.400. The molecule has 2 fully saturated rings. The lowest BCUT2D eigenvalue weighted by molar-refractivity contribution is 0.0460. The minimum Gasteiger partial charge on any atom is -0.391 e. The zero-order valence-electron chi connectivity index (χ0n) is 15.6. The van der Waals surface area contributed by atoms with E-state index in [1.807, 2.05) is 16.8 Å². The summed E-state index contributed by atoms with van der Waals surface area (Å²) in [6, 6.07) is 2.94. The molecule has 0 spiro atoms. The van der Waals surface area contributed by atoms with Crippen LogP contribution in [0, 0.1) is 11.8 Å². The molecule has 29 heavy (non-hydrogen) atoms. The molecule has 3 aromatic heterocycles. The number of carbonyl (C=O) groups excluding carboxylic acids is 1. The summed E-state index contributed by atoms with van der Waals surface area (Å²) in [5.41, 5.74) is 1.12. The molecule has 1 saturated carbocycles. The molecule has 0 radical (unpaired) electrons. The van der Waals surface area contributed by atoms with Crippen molar-refractivity contribution in [2.75, 3.05) is 18.0 Å². The molecule has 150 valence electrons. The number of hydrogen-bond acceptors (Lipinski definition) is 6. The number of aliphatic hydroxyl groups is 1. The van der Waals surface area contributed by atoms with E-state index in [0.717, 1.165) is 31.0 Å². The number of fused-ring (bicyclic) bond motifs is 2. The second kappa shape index (κ2) is 7.27. The van der Waals surface area contributed by atoms with Crippen LogP contribution in [0.1, 0.15) is 23.3 Å². The molecule has 2 N–H and O–H groups in total. The van der Waals surface area contributed by atoms with Crippen molar-refractivity contribution in [3.63, 3.8) is 0 Å². The van der Waals surface area contributed by atoms with Crippen LogP contribution in [-0.2, 0) is 0 Å². The van der Waals surface area contributed by atoms with E-state index in [0.29, 0.717) is 29.0 Å². The maximum atomic E-state index is 12.5. The summed E-state index contributed by atoms with van der Waals surface area (Å²) in [7, 11) is 0. The van der Waals surface area contributed by atoms with E-state index in [9.17, 15) is 9.90 Å². The molecule has 4 atom stereocenters.